The molecule has 0 heterocycles. The van der Waals surface area contributed by atoms with Crippen LogP contribution in [0, 0.1) is 11.3 Å². The monoisotopic (exact) mass is 344 g/mol. The first kappa shape index (κ1) is 19.6. The van der Waals surface area contributed by atoms with Crippen LogP contribution in [-0.2, 0) is 4.74 Å². The Morgan fingerprint density at radius 3 is 2.35 bits per heavy atom. The van der Waals surface area contributed by atoms with Gasteiger partial charge < -0.3 is 10.1 Å². The average Bonchev–Trinajstić information content (AvgIpc) is 2.52. The molecule has 0 aliphatic heterocycles. The number of carbonyl (C=O) groups excluding carboxylic acids is 2. The number of rotatable bonds is 4. The minimum Gasteiger partial charge on any atom is -0.468 e. The molecule has 8 heteroatoms. The first-order valence-corrected chi connectivity index (χ1v) is 9.14. The van der Waals surface area contributed by atoms with Crippen molar-refractivity contribution < 1.29 is 14.3 Å². The fourth-order valence-electron chi connectivity index (χ4n) is 2.69. The van der Waals surface area contributed by atoms with Crippen LogP contribution >= 0.6 is 11.9 Å². The Balaban J connectivity index is 2.33. The molecule has 0 radical (unpaired) electrons. The second kappa shape index (κ2) is 11.2. The van der Waals surface area contributed by atoms with Crippen molar-refractivity contribution in [2.45, 2.75) is 51.4 Å². The van der Waals surface area contributed by atoms with Gasteiger partial charge in [0.05, 0.1) is 7.11 Å². The molecule has 0 saturated heterocycles. The fourth-order valence-corrected chi connectivity index (χ4v) is 3.46. The van der Waals surface area contributed by atoms with Crippen molar-refractivity contribution in [3.05, 3.63) is 0 Å². The summed E-state index contributed by atoms with van der Waals surface area (Å²) in [6.07, 6.45) is 10.2. The highest BCUT2D eigenvalue weighted by atomic mass is 32.2. The predicted octanol–water partition coefficient (Wildman–Crippen LogP) is 3.32. The fraction of sp³-hybridized carbons (Fsp3) is 0.800. The number of nitrogens with one attached hydrogen (secondary N) is 3. The maximum absolute atomic E-state index is 12.0. The van der Waals surface area contributed by atoms with Crippen molar-refractivity contribution in [3.8, 4) is 0 Å². The summed E-state index contributed by atoms with van der Waals surface area (Å²) in [5, 5.41) is 9.83. The molecule has 1 fully saturated rings. The van der Waals surface area contributed by atoms with E-state index in [0.29, 0.717) is 4.90 Å². The van der Waals surface area contributed by atoms with Gasteiger partial charge in [-0.25, -0.2) is 9.59 Å². The summed E-state index contributed by atoms with van der Waals surface area (Å²) in [5.41, 5.74) is 0. The van der Waals surface area contributed by atoms with Gasteiger partial charge in [-0.3, -0.25) is 10.1 Å². The van der Waals surface area contributed by atoms with Gasteiger partial charge in [-0.15, -0.1) is 0 Å². The molecule has 132 valence electrons. The highest BCUT2D eigenvalue weighted by Gasteiger charge is 2.26. The van der Waals surface area contributed by atoms with Gasteiger partial charge in [0.1, 0.15) is 0 Å². The molecule has 0 atom stereocenters. The molecular formula is C15H28N4O3S. The van der Waals surface area contributed by atoms with Crippen LogP contribution in [0.15, 0.2) is 0 Å². The Kier molecular flexibility index (Phi) is 9.51. The van der Waals surface area contributed by atoms with Crippen LogP contribution in [-0.4, -0.2) is 42.9 Å². The molecular weight excluding hydrogens is 316 g/mol. The van der Waals surface area contributed by atoms with E-state index in [0.717, 1.165) is 18.1 Å². The van der Waals surface area contributed by atoms with Crippen LogP contribution in [0.1, 0.15) is 51.4 Å². The van der Waals surface area contributed by atoms with Crippen molar-refractivity contribution in [1.82, 2.24) is 14.9 Å². The Bertz CT molecular complexity index is 382. The summed E-state index contributed by atoms with van der Waals surface area (Å²) >= 11 is 1.28. The summed E-state index contributed by atoms with van der Waals surface area (Å²) in [5.74, 6) is 1.53. The van der Waals surface area contributed by atoms with Gasteiger partial charge in [-0.05, 0) is 24.3 Å². The zero-order valence-corrected chi connectivity index (χ0v) is 14.8. The Morgan fingerprint density at radius 2 is 1.78 bits per heavy atom. The van der Waals surface area contributed by atoms with E-state index in [2.05, 4.69) is 14.8 Å². The van der Waals surface area contributed by atoms with E-state index in [-0.39, 0.29) is 0 Å². The van der Waals surface area contributed by atoms with E-state index in [9.17, 15) is 9.59 Å². The van der Waals surface area contributed by atoms with Crippen LogP contribution in [0.3, 0.4) is 0 Å². The van der Waals surface area contributed by atoms with Gasteiger partial charge >= 0.3 is 18.1 Å². The SMILES string of the molecule is CNC(=O)N(C(=N)OC)C(=O)NSCCC1CCCCCCC1. The summed E-state index contributed by atoms with van der Waals surface area (Å²) in [6, 6.07) is -1.88. The average molecular weight is 344 g/mol. The molecule has 4 amide bonds. The lowest BCUT2D eigenvalue weighted by Crippen LogP contribution is -2.49. The van der Waals surface area contributed by atoms with Gasteiger partial charge in [-0.2, -0.15) is 4.90 Å². The second-order valence-electron chi connectivity index (χ2n) is 5.66. The molecule has 0 unspecified atom stereocenters. The second-order valence-corrected chi connectivity index (χ2v) is 6.56. The first-order chi connectivity index (χ1) is 11.1. The Hall–Kier alpha value is -1.44. The normalized spacial score (nSPS) is 15.9. The molecule has 3 N–H and O–H groups in total. The van der Waals surface area contributed by atoms with E-state index in [1.807, 2.05) is 0 Å². The topological polar surface area (TPSA) is 94.5 Å². The van der Waals surface area contributed by atoms with Crippen LogP contribution in [0.4, 0.5) is 9.59 Å². The summed E-state index contributed by atoms with van der Waals surface area (Å²) in [6.45, 7) is 0. The number of amidine groups is 1. The number of ether oxygens (including phenoxy) is 1. The van der Waals surface area contributed by atoms with Crippen molar-refractivity contribution in [1.29, 1.82) is 5.41 Å². The zero-order chi connectivity index (χ0) is 17.1. The van der Waals surface area contributed by atoms with Crippen molar-refractivity contribution in [2.24, 2.45) is 5.92 Å². The lowest BCUT2D eigenvalue weighted by molar-refractivity contribution is 0.199. The molecule has 0 aromatic carbocycles. The molecule has 0 aromatic rings. The minimum atomic E-state index is -0.699. The number of urea groups is 2. The van der Waals surface area contributed by atoms with Crippen molar-refractivity contribution in [3.63, 3.8) is 0 Å². The maximum atomic E-state index is 12.0. The summed E-state index contributed by atoms with van der Waals surface area (Å²) < 4.78 is 7.26. The van der Waals surface area contributed by atoms with E-state index < -0.39 is 18.1 Å². The highest BCUT2D eigenvalue weighted by Crippen LogP contribution is 2.25. The largest absolute Gasteiger partial charge is 0.468 e. The molecule has 1 rings (SSSR count). The number of carbonyl (C=O) groups is 2. The zero-order valence-electron chi connectivity index (χ0n) is 14.0. The molecule has 0 spiro atoms. The quantitative estimate of drug-likeness (QED) is 0.315. The summed E-state index contributed by atoms with van der Waals surface area (Å²) in [7, 11) is 2.64. The van der Waals surface area contributed by atoms with E-state index >= 15 is 0 Å². The molecule has 23 heavy (non-hydrogen) atoms. The molecule has 1 aliphatic rings. The Morgan fingerprint density at radius 1 is 1.17 bits per heavy atom. The number of amides is 4. The predicted molar refractivity (Wildman–Crippen MR) is 92.4 cm³/mol. The molecule has 1 saturated carbocycles. The van der Waals surface area contributed by atoms with Crippen LogP contribution in [0.5, 0.6) is 0 Å². The number of hydrogen-bond acceptors (Lipinski definition) is 5. The van der Waals surface area contributed by atoms with Crippen LogP contribution in [0.25, 0.3) is 0 Å². The molecule has 1 aliphatic carbocycles. The van der Waals surface area contributed by atoms with Gasteiger partial charge in [0.25, 0.3) is 0 Å². The maximum Gasteiger partial charge on any atom is 0.343 e. The third-order valence-electron chi connectivity index (χ3n) is 4.03. The minimum absolute atomic E-state index is 0.512. The molecule has 0 bridgehead atoms. The number of imide groups is 1. The van der Waals surface area contributed by atoms with Gasteiger partial charge in [0, 0.05) is 12.8 Å². The third-order valence-corrected chi connectivity index (χ3v) is 4.79. The van der Waals surface area contributed by atoms with E-state index in [1.165, 1.54) is 71.1 Å². The molecule has 0 aromatic heterocycles. The van der Waals surface area contributed by atoms with Crippen LogP contribution in [0.2, 0.25) is 0 Å². The summed E-state index contributed by atoms with van der Waals surface area (Å²) in [4.78, 5) is 24.3. The first-order valence-electron chi connectivity index (χ1n) is 8.16. The standard InChI is InChI=1S/C15H28N4O3S/c1-17-14(20)19(13(16)22-2)15(21)18-23-11-10-12-8-6-4-3-5-7-9-12/h12,16H,3-11H2,1-2H3,(H,17,20)(H,18,21). The molecule has 7 nitrogen and oxygen atoms in total. The lowest BCUT2D eigenvalue weighted by Gasteiger charge is -2.21. The Labute approximate surface area is 142 Å². The lowest BCUT2D eigenvalue weighted by atomic mass is 9.89. The smallest absolute Gasteiger partial charge is 0.343 e. The highest BCUT2D eigenvalue weighted by molar-refractivity contribution is 7.97. The van der Waals surface area contributed by atoms with E-state index in [1.54, 1.807) is 0 Å². The number of hydrogen-bond donors (Lipinski definition) is 3. The van der Waals surface area contributed by atoms with Gasteiger partial charge in [-0.1, -0.05) is 44.9 Å². The van der Waals surface area contributed by atoms with Crippen molar-refractivity contribution >= 4 is 30.0 Å². The van der Waals surface area contributed by atoms with Crippen LogP contribution < -0.4 is 10.0 Å². The van der Waals surface area contributed by atoms with Gasteiger partial charge in [0.2, 0.25) is 0 Å². The third kappa shape index (κ3) is 7.11. The number of nitrogens with zero attached hydrogens (tertiary/aromatic N) is 1. The number of methoxy groups -OCH3 is 1. The van der Waals surface area contributed by atoms with Gasteiger partial charge in [0.15, 0.2) is 0 Å². The van der Waals surface area contributed by atoms with Crippen molar-refractivity contribution in [2.75, 3.05) is 19.9 Å². The van der Waals surface area contributed by atoms with E-state index in [4.69, 9.17) is 5.41 Å².